The van der Waals surface area contributed by atoms with Crippen molar-refractivity contribution in [2.75, 3.05) is 22.7 Å². The minimum absolute atomic E-state index is 0.0233. The number of hydrogen-bond donors (Lipinski definition) is 3. The Bertz CT molecular complexity index is 1200. The van der Waals surface area contributed by atoms with E-state index in [-0.39, 0.29) is 52.4 Å². The molecule has 1 aliphatic carbocycles. The summed E-state index contributed by atoms with van der Waals surface area (Å²) in [6.07, 6.45) is 0.226. The van der Waals surface area contributed by atoms with Crippen LogP contribution in [0.5, 0.6) is 5.75 Å². The molecule has 2 aromatic rings. The van der Waals surface area contributed by atoms with Gasteiger partial charge in [0.2, 0.25) is 5.91 Å². The van der Waals surface area contributed by atoms with Crippen molar-refractivity contribution in [3.63, 3.8) is 0 Å². The van der Waals surface area contributed by atoms with Crippen LogP contribution in [0.3, 0.4) is 0 Å². The van der Waals surface area contributed by atoms with E-state index in [1.54, 1.807) is 0 Å². The van der Waals surface area contributed by atoms with Crippen LogP contribution >= 0.6 is 0 Å². The smallest absolute Gasteiger partial charge is 0.409 e. The van der Waals surface area contributed by atoms with Crippen LogP contribution in [0.4, 0.5) is 25.0 Å². The van der Waals surface area contributed by atoms with Gasteiger partial charge in [0.1, 0.15) is 16.7 Å². The topological polar surface area (TPSA) is 143 Å². The summed E-state index contributed by atoms with van der Waals surface area (Å²) in [5, 5.41) is 17.4. The summed E-state index contributed by atoms with van der Waals surface area (Å²) in [5.74, 6) is -0.0626. The number of anilines is 2. The van der Waals surface area contributed by atoms with Crippen molar-refractivity contribution in [2.45, 2.75) is 37.3 Å². The number of rotatable bonds is 7. The van der Waals surface area contributed by atoms with Crippen molar-refractivity contribution >= 4 is 33.4 Å². The highest BCUT2D eigenvalue weighted by atomic mass is 32.2. The minimum Gasteiger partial charge on any atom is -0.484 e. The fourth-order valence-electron chi connectivity index (χ4n) is 3.49. The molecule has 0 spiro atoms. The molecule has 0 saturated heterocycles. The van der Waals surface area contributed by atoms with Crippen LogP contribution in [0.15, 0.2) is 29.3 Å². The molecule has 14 heteroatoms. The van der Waals surface area contributed by atoms with Crippen molar-refractivity contribution in [3.05, 3.63) is 30.1 Å². The molecule has 1 atom stereocenters. The molecule has 2 amide bonds. The molecule has 0 bridgehead atoms. The number of aryl methyl sites for hydroxylation is 1. The SMILES string of the molecule is Cc1nn(C(F)F)cc1S(=O)(=O)N1CC(CNC(=O)C2CC2)Oc2ccc(NC(=O)O)cc21. The second-order valence-corrected chi connectivity index (χ2v) is 9.58. The van der Waals surface area contributed by atoms with Gasteiger partial charge < -0.3 is 15.2 Å². The van der Waals surface area contributed by atoms with Crippen molar-refractivity contribution in [1.82, 2.24) is 15.1 Å². The summed E-state index contributed by atoms with van der Waals surface area (Å²) in [6, 6.07) is 4.06. The van der Waals surface area contributed by atoms with Crippen LogP contribution in [-0.2, 0) is 14.8 Å². The van der Waals surface area contributed by atoms with Gasteiger partial charge in [-0.25, -0.2) is 17.9 Å². The number of nitrogens with one attached hydrogen (secondary N) is 2. The summed E-state index contributed by atoms with van der Waals surface area (Å²) >= 11 is 0. The lowest BCUT2D eigenvalue weighted by Gasteiger charge is -2.35. The molecule has 2 heterocycles. The van der Waals surface area contributed by atoms with Gasteiger partial charge in [0.15, 0.2) is 0 Å². The molecule has 1 aromatic heterocycles. The third kappa shape index (κ3) is 4.69. The van der Waals surface area contributed by atoms with Gasteiger partial charge in [0.05, 0.1) is 30.7 Å². The Hall–Kier alpha value is -3.42. The number of carboxylic acid groups (broad SMARTS) is 1. The number of halogens is 2. The van der Waals surface area contributed by atoms with Crippen LogP contribution < -0.4 is 19.7 Å². The Morgan fingerprint density at radius 3 is 2.67 bits per heavy atom. The number of hydrogen-bond acceptors (Lipinski definition) is 6. The van der Waals surface area contributed by atoms with Crippen molar-refractivity contribution in [2.24, 2.45) is 5.92 Å². The first-order valence-corrected chi connectivity index (χ1v) is 11.4. The lowest BCUT2D eigenvalue weighted by Crippen LogP contribution is -2.48. The van der Waals surface area contributed by atoms with Gasteiger partial charge in [-0.2, -0.15) is 13.9 Å². The number of benzene rings is 1. The molecule has 4 rings (SSSR count). The van der Waals surface area contributed by atoms with Crippen molar-refractivity contribution < 1.29 is 36.6 Å². The van der Waals surface area contributed by atoms with Crippen LogP contribution in [0.2, 0.25) is 0 Å². The molecule has 1 aromatic carbocycles. The maximum Gasteiger partial charge on any atom is 0.409 e. The van der Waals surface area contributed by atoms with E-state index in [4.69, 9.17) is 9.84 Å². The largest absolute Gasteiger partial charge is 0.484 e. The Balaban J connectivity index is 1.70. The molecule has 1 fully saturated rings. The molecule has 3 N–H and O–H groups in total. The molecular weight excluding hydrogens is 464 g/mol. The van der Waals surface area contributed by atoms with E-state index in [1.807, 2.05) is 0 Å². The Labute approximate surface area is 187 Å². The zero-order valence-electron chi connectivity index (χ0n) is 17.4. The van der Waals surface area contributed by atoms with E-state index < -0.39 is 33.7 Å². The quantitative estimate of drug-likeness (QED) is 0.545. The van der Waals surface area contributed by atoms with E-state index >= 15 is 0 Å². The predicted molar refractivity (Wildman–Crippen MR) is 111 cm³/mol. The number of sulfonamides is 1. The van der Waals surface area contributed by atoms with Crippen LogP contribution in [0.25, 0.3) is 0 Å². The van der Waals surface area contributed by atoms with Crippen LogP contribution in [0.1, 0.15) is 25.1 Å². The summed E-state index contributed by atoms with van der Waals surface area (Å²) in [5.41, 5.74) is -0.0116. The number of carbonyl (C=O) groups is 2. The Morgan fingerprint density at radius 1 is 1.33 bits per heavy atom. The zero-order chi connectivity index (χ0) is 23.9. The van der Waals surface area contributed by atoms with Gasteiger partial charge >= 0.3 is 12.6 Å². The maximum absolute atomic E-state index is 13.5. The number of aromatic nitrogens is 2. The highest BCUT2D eigenvalue weighted by Crippen LogP contribution is 2.39. The highest BCUT2D eigenvalue weighted by Gasteiger charge is 2.38. The van der Waals surface area contributed by atoms with E-state index in [0.29, 0.717) is 0 Å². The summed E-state index contributed by atoms with van der Waals surface area (Å²) in [7, 11) is -4.39. The second-order valence-electron chi connectivity index (χ2n) is 7.74. The molecule has 0 radical (unpaired) electrons. The van der Waals surface area contributed by atoms with Gasteiger partial charge in [-0.3, -0.25) is 14.4 Å². The fraction of sp³-hybridized carbons (Fsp3) is 0.421. The van der Waals surface area contributed by atoms with Gasteiger partial charge in [0, 0.05) is 11.6 Å². The van der Waals surface area contributed by atoms with Gasteiger partial charge in [0.25, 0.3) is 10.0 Å². The normalized spacial score (nSPS) is 17.9. The molecule has 11 nitrogen and oxygen atoms in total. The number of ether oxygens (including phenoxy) is 1. The summed E-state index contributed by atoms with van der Waals surface area (Å²) < 4.78 is 60.2. The van der Waals surface area contributed by atoms with E-state index in [0.717, 1.165) is 23.3 Å². The van der Waals surface area contributed by atoms with E-state index in [2.05, 4.69) is 15.7 Å². The maximum atomic E-state index is 13.5. The lowest BCUT2D eigenvalue weighted by atomic mass is 10.2. The van der Waals surface area contributed by atoms with Gasteiger partial charge in [-0.15, -0.1) is 0 Å². The number of fused-ring (bicyclic) bond motifs is 1. The standard InChI is InChI=1S/C19H21F2N5O6S/c1-10-16(9-25(24-10)18(20)21)33(30,31)26-8-13(7-22-17(27)11-2-3-11)32-15-5-4-12(6-14(15)26)23-19(28)29/h4-6,9,11,13,18,23H,2-3,7-8H2,1H3,(H,22,27)(H,28,29). The first kappa shape index (κ1) is 22.8. The fourth-order valence-corrected chi connectivity index (χ4v) is 5.15. The first-order chi connectivity index (χ1) is 15.6. The number of alkyl halides is 2. The van der Waals surface area contributed by atoms with Crippen molar-refractivity contribution in [3.8, 4) is 5.75 Å². The molecule has 2 aliphatic rings. The Morgan fingerprint density at radius 2 is 2.06 bits per heavy atom. The minimum atomic E-state index is -4.39. The van der Waals surface area contributed by atoms with Gasteiger partial charge in [-0.05, 0) is 38.0 Å². The van der Waals surface area contributed by atoms with E-state index in [1.165, 1.54) is 25.1 Å². The molecule has 178 valence electrons. The molecular formula is C19H21F2N5O6S. The number of amides is 2. The summed E-state index contributed by atoms with van der Waals surface area (Å²) in [6.45, 7) is -1.94. The third-order valence-corrected chi connectivity index (χ3v) is 7.12. The average molecular weight is 485 g/mol. The van der Waals surface area contributed by atoms with Gasteiger partial charge in [-0.1, -0.05) is 0 Å². The molecule has 1 saturated carbocycles. The zero-order valence-corrected chi connectivity index (χ0v) is 18.2. The monoisotopic (exact) mass is 485 g/mol. The second kappa shape index (κ2) is 8.50. The lowest BCUT2D eigenvalue weighted by molar-refractivity contribution is -0.122. The predicted octanol–water partition coefficient (Wildman–Crippen LogP) is 2.16. The number of carbonyl (C=O) groups excluding carboxylic acids is 1. The van der Waals surface area contributed by atoms with Crippen LogP contribution in [-0.4, -0.2) is 54.5 Å². The molecule has 1 aliphatic heterocycles. The first-order valence-electron chi connectivity index (χ1n) is 10.0. The van der Waals surface area contributed by atoms with Crippen LogP contribution in [0, 0.1) is 12.8 Å². The van der Waals surface area contributed by atoms with E-state index in [9.17, 15) is 26.8 Å². The number of nitrogens with zero attached hydrogens (tertiary/aromatic N) is 3. The van der Waals surface area contributed by atoms with Crippen molar-refractivity contribution in [1.29, 1.82) is 0 Å². The summed E-state index contributed by atoms with van der Waals surface area (Å²) in [4.78, 5) is 22.6. The third-order valence-electron chi connectivity index (χ3n) is 5.23. The average Bonchev–Trinajstić information content (AvgIpc) is 3.52. The molecule has 1 unspecified atom stereocenters. The molecule has 33 heavy (non-hydrogen) atoms. The Kier molecular flexibility index (Phi) is 5.86. The highest BCUT2D eigenvalue weighted by molar-refractivity contribution is 7.92.